The highest BCUT2D eigenvalue weighted by Gasteiger charge is 2.13. The predicted molar refractivity (Wildman–Crippen MR) is 67.5 cm³/mol. The van der Waals surface area contributed by atoms with Crippen LogP contribution in [0.4, 0.5) is 0 Å². The number of hydrogen-bond acceptors (Lipinski definition) is 3. The lowest BCUT2D eigenvalue weighted by Crippen LogP contribution is -2.42. The summed E-state index contributed by atoms with van der Waals surface area (Å²) in [6.45, 7) is 5.57. The quantitative estimate of drug-likeness (QED) is 0.704. The second-order valence-corrected chi connectivity index (χ2v) is 4.33. The highest BCUT2D eigenvalue weighted by Crippen LogP contribution is 2.00. The van der Waals surface area contributed by atoms with E-state index in [0.29, 0.717) is 6.54 Å². The number of nitrogens with zero attached hydrogens (tertiary/aromatic N) is 2. The maximum Gasteiger partial charge on any atom is 0.234 e. The van der Waals surface area contributed by atoms with Crippen LogP contribution in [0.2, 0.25) is 0 Å². The highest BCUT2D eigenvalue weighted by atomic mass is 16.1. The van der Waals surface area contributed by atoms with Gasteiger partial charge in [-0.25, -0.2) is 0 Å². The van der Waals surface area contributed by atoms with Gasteiger partial charge < -0.3 is 11.1 Å². The third-order valence-corrected chi connectivity index (χ3v) is 2.68. The van der Waals surface area contributed by atoms with Crippen molar-refractivity contribution in [2.75, 3.05) is 6.54 Å². The SMILES string of the molecule is CCCC[C@@H](NCCn1cc(C)cn1)C(N)=O. The summed E-state index contributed by atoms with van der Waals surface area (Å²) in [5.41, 5.74) is 6.48. The van der Waals surface area contributed by atoms with Gasteiger partial charge >= 0.3 is 0 Å². The summed E-state index contributed by atoms with van der Waals surface area (Å²) < 4.78 is 1.86. The Morgan fingerprint density at radius 2 is 2.41 bits per heavy atom. The van der Waals surface area contributed by atoms with Crippen molar-refractivity contribution < 1.29 is 4.79 Å². The van der Waals surface area contributed by atoms with E-state index in [1.807, 2.05) is 24.0 Å². The molecule has 0 spiro atoms. The van der Waals surface area contributed by atoms with Crippen LogP contribution < -0.4 is 11.1 Å². The van der Waals surface area contributed by atoms with Crippen molar-refractivity contribution in [1.82, 2.24) is 15.1 Å². The minimum atomic E-state index is -0.268. The monoisotopic (exact) mass is 238 g/mol. The Morgan fingerprint density at radius 3 is 2.94 bits per heavy atom. The summed E-state index contributed by atoms with van der Waals surface area (Å²) in [6.07, 6.45) is 6.70. The van der Waals surface area contributed by atoms with Gasteiger partial charge in [0.2, 0.25) is 5.91 Å². The summed E-state index contributed by atoms with van der Waals surface area (Å²) in [4.78, 5) is 11.2. The lowest BCUT2D eigenvalue weighted by molar-refractivity contribution is -0.120. The molecule has 0 saturated carbocycles. The fourth-order valence-electron chi connectivity index (χ4n) is 1.70. The van der Waals surface area contributed by atoms with E-state index in [9.17, 15) is 4.79 Å². The first kappa shape index (κ1) is 13.7. The summed E-state index contributed by atoms with van der Waals surface area (Å²) in [5.74, 6) is -0.268. The Balaban J connectivity index is 2.29. The number of aromatic nitrogens is 2. The summed E-state index contributed by atoms with van der Waals surface area (Å²) in [7, 11) is 0. The molecule has 1 heterocycles. The van der Waals surface area contributed by atoms with Crippen LogP contribution in [0.1, 0.15) is 31.7 Å². The fourth-order valence-corrected chi connectivity index (χ4v) is 1.70. The molecule has 3 N–H and O–H groups in total. The minimum Gasteiger partial charge on any atom is -0.368 e. The third-order valence-electron chi connectivity index (χ3n) is 2.68. The minimum absolute atomic E-state index is 0.216. The van der Waals surface area contributed by atoms with Crippen molar-refractivity contribution in [3.8, 4) is 0 Å². The normalized spacial score (nSPS) is 12.6. The molecule has 0 unspecified atom stereocenters. The summed E-state index contributed by atoms with van der Waals surface area (Å²) in [6, 6.07) is -0.216. The van der Waals surface area contributed by atoms with Gasteiger partial charge in [0.25, 0.3) is 0 Å². The molecular formula is C12H22N4O. The van der Waals surface area contributed by atoms with Crippen molar-refractivity contribution in [1.29, 1.82) is 0 Å². The molecule has 0 saturated heterocycles. The third kappa shape index (κ3) is 4.99. The predicted octanol–water partition coefficient (Wildman–Crippen LogP) is 0.825. The number of amides is 1. The molecule has 0 aromatic carbocycles. The van der Waals surface area contributed by atoms with Gasteiger partial charge in [-0.05, 0) is 18.9 Å². The zero-order valence-electron chi connectivity index (χ0n) is 10.6. The van der Waals surface area contributed by atoms with E-state index in [-0.39, 0.29) is 11.9 Å². The molecule has 1 amide bonds. The number of nitrogens with two attached hydrogens (primary N) is 1. The van der Waals surface area contributed by atoms with Gasteiger partial charge in [-0.3, -0.25) is 9.48 Å². The number of rotatable bonds is 8. The number of carbonyl (C=O) groups is 1. The average Bonchev–Trinajstić information content (AvgIpc) is 2.68. The molecule has 96 valence electrons. The van der Waals surface area contributed by atoms with Crippen molar-refractivity contribution >= 4 is 5.91 Å². The molecule has 1 atom stereocenters. The van der Waals surface area contributed by atoms with Crippen molar-refractivity contribution in [3.63, 3.8) is 0 Å². The molecule has 0 aliphatic rings. The van der Waals surface area contributed by atoms with Crippen LogP contribution in [-0.4, -0.2) is 28.3 Å². The van der Waals surface area contributed by atoms with Gasteiger partial charge in [0.1, 0.15) is 0 Å². The van der Waals surface area contributed by atoms with E-state index < -0.39 is 0 Å². The van der Waals surface area contributed by atoms with E-state index in [4.69, 9.17) is 5.73 Å². The van der Waals surface area contributed by atoms with E-state index in [2.05, 4.69) is 17.3 Å². The Labute approximate surface area is 102 Å². The largest absolute Gasteiger partial charge is 0.368 e. The molecule has 0 radical (unpaired) electrons. The molecule has 0 fully saturated rings. The second-order valence-electron chi connectivity index (χ2n) is 4.33. The molecule has 1 aromatic heterocycles. The van der Waals surface area contributed by atoms with Crippen LogP contribution in [-0.2, 0) is 11.3 Å². The van der Waals surface area contributed by atoms with Crippen molar-refractivity contribution in [2.24, 2.45) is 5.73 Å². The van der Waals surface area contributed by atoms with Gasteiger partial charge in [-0.15, -0.1) is 0 Å². The molecule has 0 aliphatic heterocycles. The maximum absolute atomic E-state index is 11.2. The van der Waals surface area contributed by atoms with Gasteiger partial charge in [0.05, 0.1) is 18.8 Å². The second kappa shape index (κ2) is 7.06. The topological polar surface area (TPSA) is 72.9 Å². The van der Waals surface area contributed by atoms with Crippen LogP contribution in [0.25, 0.3) is 0 Å². The smallest absolute Gasteiger partial charge is 0.234 e. The van der Waals surface area contributed by atoms with Gasteiger partial charge in [-0.2, -0.15) is 5.10 Å². The number of primary amides is 1. The number of hydrogen-bond donors (Lipinski definition) is 2. The van der Waals surface area contributed by atoms with Crippen LogP contribution >= 0.6 is 0 Å². The van der Waals surface area contributed by atoms with Gasteiger partial charge in [0, 0.05) is 12.7 Å². The van der Waals surface area contributed by atoms with Crippen LogP contribution in [0, 0.1) is 6.92 Å². The molecule has 1 aromatic rings. The lowest BCUT2D eigenvalue weighted by Gasteiger charge is -2.14. The molecule has 0 bridgehead atoms. The number of unbranched alkanes of at least 4 members (excludes halogenated alkanes) is 1. The van der Waals surface area contributed by atoms with E-state index in [1.54, 1.807) is 0 Å². The first-order chi connectivity index (χ1) is 8.13. The molecule has 5 heteroatoms. The molecular weight excluding hydrogens is 216 g/mol. The maximum atomic E-state index is 11.2. The standard InChI is InChI=1S/C12H22N4O/c1-3-4-5-11(12(13)17)14-6-7-16-9-10(2)8-15-16/h8-9,11,14H,3-7H2,1-2H3,(H2,13,17)/t11-/m1/s1. The first-order valence-electron chi connectivity index (χ1n) is 6.15. The first-order valence-corrected chi connectivity index (χ1v) is 6.15. The summed E-state index contributed by atoms with van der Waals surface area (Å²) in [5, 5.41) is 7.36. The zero-order chi connectivity index (χ0) is 12.7. The molecule has 0 aliphatic carbocycles. The Hall–Kier alpha value is -1.36. The van der Waals surface area contributed by atoms with E-state index in [0.717, 1.165) is 31.4 Å². The van der Waals surface area contributed by atoms with Crippen LogP contribution in [0.5, 0.6) is 0 Å². The number of carbonyl (C=O) groups excluding carboxylic acids is 1. The lowest BCUT2D eigenvalue weighted by atomic mass is 10.1. The number of nitrogens with one attached hydrogen (secondary N) is 1. The summed E-state index contributed by atoms with van der Waals surface area (Å²) >= 11 is 0. The Morgan fingerprint density at radius 1 is 1.65 bits per heavy atom. The van der Waals surface area contributed by atoms with Gasteiger partial charge in [-0.1, -0.05) is 19.8 Å². The van der Waals surface area contributed by atoms with Gasteiger partial charge in [0.15, 0.2) is 0 Å². The van der Waals surface area contributed by atoms with Crippen molar-refractivity contribution in [3.05, 3.63) is 18.0 Å². The molecule has 1 rings (SSSR count). The van der Waals surface area contributed by atoms with Crippen LogP contribution in [0.15, 0.2) is 12.4 Å². The van der Waals surface area contributed by atoms with E-state index >= 15 is 0 Å². The van der Waals surface area contributed by atoms with E-state index in [1.165, 1.54) is 0 Å². The van der Waals surface area contributed by atoms with Crippen LogP contribution in [0.3, 0.4) is 0 Å². The Kier molecular flexibility index (Phi) is 5.69. The molecule has 17 heavy (non-hydrogen) atoms. The zero-order valence-corrected chi connectivity index (χ0v) is 10.6. The van der Waals surface area contributed by atoms with Crippen molar-refractivity contribution in [2.45, 2.75) is 45.7 Å². The fraction of sp³-hybridized carbons (Fsp3) is 0.667. The molecule has 5 nitrogen and oxygen atoms in total. The highest BCUT2D eigenvalue weighted by molar-refractivity contribution is 5.79. The Bertz CT molecular complexity index is 348. The number of aryl methyl sites for hydroxylation is 1. The average molecular weight is 238 g/mol.